The Labute approximate surface area is 119 Å². The minimum Gasteiger partial charge on any atom is -0.285 e. The van der Waals surface area contributed by atoms with Crippen molar-refractivity contribution >= 4 is 32.6 Å². The fraction of sp³-hybridized carbons (Fsp3) is 0.364. The fourth-order valence-corrected chi connectivity index (χ4v) is 4.07. The number of nitro groups is 1. The van der Waals surface area contributed by atoms with Crippen LogP contribution in [0.15, 0.2) is 23.1 Å². The van der Waals surface area contributed by atoms with Crippen molar-refractivity contribution in [2.24, 2.45) is 0 Å². The van der Waals surface area contributed by atoms with E-state index in [-0.39, 0.29) is 15.7 Å². The van der Waals surface area contributed by atoms with Crippen LogP contribution in [0.1, 0.15) is 12.0 Å². The molecule has 1 aromatic rings. The molecule has 0 aliphatic carbocycles. The first-order valence-corrected chi connectivity index (χ1v) is 8.22. The summed E-state index contributed by atoms with van der Waals surface area (Å²) in [5, 5.41) is 10.6. The molecule has 2 rings (SSSR count). The summed E-state index contributed by atoms with van der Waals surface area (Å²) in [6, 6.07) is 2.91. The fourth-order valence-electron chi connectivity index (χ4n) is 1.81. The average Bonchev–Trinajstić information content (AvgIpc) is 2.74. The van der Waals surface area contributed by atoms with Crippen LogP contribution in [0, 0.1) is 17.0 Å². The molecule has 108 valence electrons. The van der Waals surface area contributed by atoms with Gasteiger partial charge in [0.05, 0.1) is 15.9 Å². The van der Waals surface area contributed by atoms with Crippen molar-refractivity contribution in [3.8, 4) is 0 Å². The number of nitrogens with one attached hydrogen (secondary N) is 1. The molecule has 0 saturated carbocycles. The zero-order valence-corrected chi connectivity index (χ0v) is 12.2. The molecule has 0 spiro atoms. The highest BCUT2D eigenvalue weighted by Crippen LogP contribution is 2.24. The van der Waals surface area contributed by atoms with Crippen LogP contribution in [0.25, 0.3) is 0 Å². The molecule has 7 nitrogen and oxygen atoms in total. The first kappa shape index (κ1) is 14.9. The van der Waals surface area contributed by atoms with Crippen molar-refractivity contribution in [1.29, 1.82) is 0 Å². The van der Waals surface area contributed by atoms with Gasteiger partial charge in [-0.3, -0.25) is 14.9 Å². The second kappa shape index (κ2) is 5.51. The van der Waals surface area contributed by atoms with Crippen molar-refractivity contribution in [3.05, 3.63) is 33.9 Å². The van der Waals surface area contributed by atoms with E-state index < -0.39 is 21.0 Å². The second-order valence-corrected chi connectivity index (χ2v) is 7.15. The predicted octanol–water partition coefficient (Wildman–Crippen LogP) is 1.21. The molecule has 1 fully saturated rings. The van der Waals surface area contributed by atoms with E-state index in [4.69, 9.17) is 0 Å². The third kappa shape index (κ3) is 3.00. The molecule has 1 heterocycles. The lowest BCUT2D eigenvalue weighted by atomic mass is 10.2. The van der Waals surface area contributed by atoms with Crippen LogP contribution < -0.4 is 4.72 Å². The number of hydrogen-bond acceptors (Lipinski definition) is 6. The van der Waals surface area contributed by atoms with Crippen LogP contribution in [0.3, 0.4) is 0 Å². The summed E-state index contributed by atoms with van der Waals surface area (Å²) in [4.78, 5) is 21.4. The van der Waals surface area contributed by atoms with Gasteiger partial charge in [-0.2, -0.15) is 4.72 Å². The zero-order chi connectivity index (χ0) is 14.9. The molecule has 1 aliphatic rings. The van der Waals surface area contributed by atoms with Crippen molar-refractivity contribution in [3.63, 3.8) is 0 Å². The number of thioether (sulfide) groups is 1. The lowest BCUT2D eigenvalue weighted by Crippen LogP contribution is -2.37. The summed E-state index contributed by atoms with van der Waals surface area (Å²) in [6.07, 6.45) is 0.427. The lowest BCUT2D eigenvalue weighted by Gasteiger charge is -2.11. The molecule has 0 radical (unpaired) electrons. The first-order valence-electron chi connectivity index (χ1n) is 5.75. The highest BCUT2D eigenvalue weighted by Gasteiger charge is 2.30. The SMILES string of the molecule is Cc1ccc(S(=O)(=O)NC2CCSC2=O)cc1[N+](=O)[O-]. The maximum atomic E-state index is 12.1. The molecule has 1 atom stereocenters. The largest absolute Gasteiger partial charge is 0.285 e. The van der Waals surface area contributed by atoms with Gasteiger partial charge in [0.25, 0.3) is 5.69 Å². The van der Waals surface area contributed by atoms with Crippen molar-refractivity contribution in [2.45, 2.75) is 24.3 Å². The van der Waals surface area contributed by atoms with Gasteiger partial charge in [0.2, 0.25) is 15.1 Å². The number of aryl methyl sites for hydroxylation is 1. The minimum atomic E-state index is -3.94. The van der Waals surface area contributed by atoms with E-state index in [1.165, 1.54) is 19.1 Å². The Bertz CT molecular complexity index is 671. The van der Waals surface area contributed by atoms with Crippen LogP contribution in [0.4, 0.5) is 5.69 Å². The van der Waals surface area contributed by atoms with E-state index in [0.29, 0.717) is 17.7 Å². The van der Waals surface area contributed by atoms with Crippen LogP contribution in [0.2, 0.25) is 0 Å². The minimum absolute atomic E-state index is 0.209. The van der Waals surface area contributed by atoms with E-state index in [9.17, 15) is 23.3 Å². The van der Waals surface area contributed by atoms with E-state index in [2.05, 4.69) is 4.72 Å². The number of sulfonamides is 1. The van der Waals surface area contributed by atoms with Gasteiger partial charge in [-0.15, -0.1) is 0 Å². The van der Waals surface area contributed by atoms with Gasteiger partial charge in [0, 0.05) is 17.4 Å². The van der Waals surface area contributed by atoms with Crippen molar-refractivity contribution < 1.29 is 18.1 Å². The molecule has 1 N–H and O–H groups in total. The molecule has 1 saturated heterocycles. The van der Waals surface area contributed by atoms with Crippen LogP contribution in [0.5, 0.6) is 0 Å². The number of hydrogen-bond donors (Lipinski definition) is 1. The molecule has 0 aromatic heterocycles. The summed E-state index contributed by atoms with van der Waals surface area (Å²) in [5.74, 6) is 0.570. The third-order valence-electron chi connectivity index (χ3n) is 2.92. The Hall–Kier alpha value is -1.45. The number of nitrogens with zero attached hydrogens (tertiary/aromatic N) is 1. The molecule has 1 unspecified atom stereocenters. The summed E-state index contributed by atoms with van der Waals surface area (Å²) >= 11 is 1.08. The Morgan fingerprint density at radius 3 is 2.70 bits per heavy atom. The standard InChI is InChI=1S/C11H12N2O5S2/c1-7-2-3-8(6-10(7)13(15)16)20(17,18)12-9-4-5-19-11(9)14/h2-3,6,9,12H,4-5H2,1H3. The Morgan fingerprint density at radius 2 is 2.15 bits per heavy atom. The summed E-state index contributed by atoms with van der Waals surface area (Å²) < 4.78 is 26.5. The maximum Gasteiger partial charge on any atom is 0.273 e. The van der Waals surface area contributed by atoms with E-state index in [1.54, 1.807) is 0 Å². The second-order valence-electron chi connectivity index (χ2n) is 4.34. The van der Waals surface area contributed by atoms with Crippen LogP contribution in [-0.2, 0) is 14.8 Å². The predicted molar refractivity (Wildman–Crippen MR) is 74.0 cm³/mol. The number of rotatable bonds is 4. The molecular weight excluding hydrogens is 304 g/mol. The zero-order valence-electron chi connectivity index (χ0n) is 10.5. The van der Waals surface area contributed by atoms with Gasteiger partial charge >= 0.3 is 0 Å². The molecule has 0 amide bonds. The molecule has 9 heteroatoms. The van der Waals surface area contributed by atoms with E-state index in [0.717, 1.165) is 17.8 Å². The lowest BCUT2D eigenvalue weighted by molar-refractivity contribution is -0.385. The maximum absolute atomic E-state index is 12.1. The normalized spacial score (nSPS) is 19.2. The Kier molecular flexibility index (Phi) is 4.11. The van der Waals surface area contributed by atoms with Gasteiger partial charge in [-0.05, 0) is 19.4 Å². The molecule has 1 aromatic carbocycles. The highest BCUT2D eigenvalue weighted by molar-refractivity contribution is 8.14. The third-order valence-corrected chi connectivity index (χ3v) is 5.40. The smallest absolute Gasteiger partial charge is 0.273 e. The van der Waals surface area contributed by atoms with E-state index >= 15 is 0 Å². The molecule has 1 aliphatic heterocycles. The topological polar surface area (TPSA) is 106 Å². The van der Waals surface area contributed by atoms with Gasteiger partial charge in [0.15, 0.2) is 0 Å². The number of nitro benzene ring substituents is 1. The van der Waals surface area contributed by atoms with Gasteiger partial charge in [0.1, 0.15) is 0 Å². The molecular formula is C11H12N2O5S2. The number of benzene rings is 1. The Morgan fingerprint density at radius 1 is 1.45 bits per heavy atom. The summed E-state index contributed by atoms with van der Waals surface area (Å²) in [5.41, 5.74) is 0.112. The van der Waals surface area contributed by atoms with Crippen LogP contribution in [-0.4, -0.2) is 30.3 Å². The highest BCUT2D eigenvalue weighted by atomic mass is 32.2. The van der Waals surface area contributed by atoms with Crippen molar-refractivity contribution in [1.82, 2.24) is 4.72 Å². The van der Waals surface area contributed by atoms with Gasteiger partial charge in [-0.1, -0.05) is 17.8 Å². The number of carbonyl (C=O) groups is 1. The molecule has 20 heavy (non-hydrogen) atoms. The summed E-state index contributed by atoms with van der Waals surface area (Å²) in [7, 11) is -3.94. The number of carbonyl (C=O) groups excluding carboxylic acids is 1. The quantitative estimate of drug-likeness (QED) is 0.661. The first-order chi connectivity index (χ1) is 9.31. The monoisotopic (exact) mass is 316 g/mol. The van der Waals surface area contributed by atoms with E-state index in [1.807, 2.05) is 0 Å². The molecule has 0 bridgehead atoms. The van der Waals surface area contributed by atoms with Gasteiger partial charge in [-0.25, -0.2) is 8.42 Å². The Balaban J connectivity index is 2.32. The van der Waals surface area contributed by atoms with Gasteiger partial charge < -0.3 is 0 Å². The average molecular weight is 316 g/mol. The summed E-state index contributed by atoms with van der Waals surface area (Å²) in [6.45, 7) is 1.53. The van der Waals surface area contributed by atoms with Crippen LogP contribution >= 0.6 is 11.8 Å². The van der Waals surface area contributed by atoms with Crippen molar-refractivity contribution in [2.75, 3.05) is 5.75 Å².